The molecule has 1 atom stereocenters. The van der Waals surface area contributed by atoms with Crippen molar-refractivity contribution in [1.29, 1.82) is 0 Å². The molecule has 1 heteroatoms. The molecule has 0 spiro atoms. The van der Waals surface area contributed by atoms with Gasteiger partial charge in [-0.3, -0.25) is 0 Å². The van der Waals surface area contributed by atoms with Crippen LogP contribution in [0.4, 0.5) is 0 Å². The minimum atomic E-state index is 0.0470. The molecular formula is C18H16O. The van der Waals surface area contributed by atoms with E-state index in [9.17, 15) is 5.11 Å². The van der Waals surface area contributed by atoms with Gasteiger partial charge in [-0.25, -0.2) is 0 Å². The fourth-order valence-corrected chi connectivity index (χ4v) is 2.51. The van der Waals surface area contributed by atoms with Gasteiger partial charge in [-0.05, 0) is 21.9 Å². The fourth-order valence-electron chi connectivity index (χ4n) is 2.51. The van der Waals surface area contributed by atoms with Gasteiger partial charge in [-0.15, -0.1) is 0 Å². The topological polar surface area (TPSA) is 20.2 Å². The van der Waals surface area contributed by atoms with E-state index in [1.54, 1.807) is 0 Å². The summed E-state index contributed by atoms with van der Waals surface area (Å²) in [6, 6.07) is 24.9. The Kier molecular flexibility index (Phi) is 3.30. The van der Waals surface area contributed by atoms with Crippen LogP contribution in [-0.4, -0.2) is 11.7 Å². The minimum Gasteiger partial charge on any atom is -0.395 e. The number of aliphatic hydroxyl groups is 1. The quantitative estimate of drug-likeness (QED) is 0.743. The molecular weight excluding hydrogens is 232 g/mol. The lowest BCUT2D eigenvalue weighted by atomic mass is 9.91. The van der Waals surface area contributed by atoms with E-state index in [1.165, 1.54) is 10.8 Å². The van der Waals surface area contributed by atoms with Gasteiger partial charge in [0.2, 0.25) is 0 Å². The molecule has 1 unspecified atom stereocenters. The highest BCUT2D eigenvalue weighted by molar-refractivity contribution is 5.83. The Morgan fingerprint density at radius 1 is 0.684 bits per heavy atom. The molecule has 94 valence electrons. The molecule has 0 amide bonds. The average Bonchev–Trinajstić information content (AvgIpc) is 2.49. The predicted octanol–water partition coefficient (Wildman–Crippen LogP) is 3.96. The van der Waals surface area contributed by atoms with E-state index in [0.717, 1.165) is 11.1 Å². The van der Waals surface area contributed by atoms with Crippen LogP contribution in [0.25, 0.3) is 10.8 Å². The zero-order valence-electron chi connectivity index (χ0n) is 10.7. The number of aliphatic hydroxyl groups excluding tert-OH is 1. The Labute approximate surface area is 113 Å². The summed E-state index contributed by atoms with van der Waals surface area (Å²) in [4.78, 5) is 0. The first kappa shape index (κ1) is 11.9. The summed E-state index contributed by atoms with van der Waals surface area (Å²) in [5, 5.41) is 12.2. The predicted molar refractivity (Wildman–Crippen MR) is 79.3 cm³/mol. The third-order valence-electron chi connectivity index (χ3n) is 3.56. The molecule has 0 aliphatic rings. The molecule has 19 heavy (non-hydrogen) atoms. The van der Waals surface area contributed by atoms with Gasteiger partial charge in [0.05, 0.1) is 6.61 Å². The first-order chi connectivity index (χ1) is 9.38. The zero-order valence-corrected chi connectivity index (χ0v) is 10.7. The summed E-state index contributed by atoms with van der Waals surface area (Å²) in [5.74, 6) is 0.0470. The van der Waals surface area contributed by atoms with Gasteiger partial charge >= 0.3 is 0 Å². The van der Waals surface area contributed by atoms with Crippen LogP contribution in [0.2, 0.25) is 0 Å². The summed E-state index contributed by atoms with van der Waals surface area (Å²) in [6.45, 7) is 0.127. The Balaban J connectivity index is 2.06. The van der Waals surface area contributed by atoms with Gasteiger partial charge in [-0.1, -0.05) is 72.8 Å². The Morgan fingerprint density at radius 3 is 2.11 bits per heavy atom. The van der Waals surface area contributed by atoms with Crippen LogP contribution in [-0.2, 0) is 0 Å². The number of fused-ring (bicyclic) bond motifs is 1. The average molecular weight is 248 g/mol. The van der Waals surface area contributed by atoms with E-state index in [1.807, 2.05) is 30.3 Å². The highest BCUT2D eigenvalue weighted by Gasteiger charge is 2.12. The van der Waals surface area contributed by atoms with Crippen molar-refractivity contribution >= 4 is 10.8 Å². The second-order valence-corrected chi connectivity index (χ2v) is 4.75. The Morgan fingerprint density at radius 2 is 1.37 bits per heavy atom. The van der Waals surface area contributed by atoms with Crippen LogP contribution in [0.3, 0.4) is 0 Å². The van der Waals surface area contributed by atoms with Crippen LogP contribution < -0.4 is 0 Å². The Hall–Kier alpha value is -2.12. The van der Waals surface area contributed by atoms with Crippen molar-refractivity contribution in [3.8, 4) is 0 Å². The highest BCUT2D eigenvalue weighted by Crippen LogP contribution is 2.27. The van der Waals surface area contributed by atoms with Crippen molar-refractivity contribution in [3.05, 3.63) is 83.9 Å². The molecule has 0 saturated carbocycles. The normalized spacial score (nSPS) is 12.5. The second-order valence-electron chi connectivity index (χ2n) is 4.75. The molecule has 0 fully saturated rings. The molecule has 3 rings (SSSR count). The van der Waals surface area contributed by atoms with Crippen LogP contribution in [0.5, 0.6) is 0 Å². The molecule has 0 radical (unpaired) electrons. The van der Waals surface area contributed by atoms with Crippen LogP contribution in [0.15, 0.2) is 72.8 Å². The molecule has 0 saturated heterocycles. The van der Waals surface area contributed by atoms with E-state index >= 15 is 0 Å². The van der Waals surface area contributed by atoms with Crippen molar-refractivity contribution in [2.75, 3.05) is 6.61 Å². The number of rotatable bonds is 3. The SMILES string of the molecule is OCC(c1ccccc1)c1ccc2ccccc2c1. The van der Waals surface area contributed by atoms with Crippen LogP contribution >= 0.6 is 0 Å². The van der Waals surface area contributed by atoms with Gasteiger partial charge in [-0.2, -0.15) is 0 Å². The molecule has 0 aliphatic carbocycles. The van der Waals surface area contributed by atoms with Gasteiger partial charge in [0.1, 0.15) is 0 Å². The lowest BCUT2D eigenvalue weighted by Gasteiger charge is -2.15. The summed E-state index contributed by atoms with van der Waals surface area (Å²) >= 11 is 0. The van der Waals surface area contributed by atoms with E-state index in [0.29, 0.717) is 0 Å². The summed E-state index contributed by atoms with van der Waals surface area (Å²) in [6.07, 6.45) is 0. The lowest BCUT2D eigenvalue weighted by Crippen LogP contribution is -2.05. The molecule has 0 aromatic heterocycles. The summed E-state index contributed by atoms with van der Waals surface area (Å²) in [7, 11) is 0. The van der Waals surface area contributed by atoms with Crippen molar-refractivity contribution in [1.82, 2.24) is 0 Å². The first-order valence-electron chi connectivity index (χ1n) is 6.53. The number of hydrogen-bond acceptors (Lipinski definition) is 1. The fraction of sp³-hybridized carbons (Fsp3) is 0.111. The molecule has 1 nitrogen and oxygen atoms in total. The zero-order chi connectivity index (χ0) is 13.1. The largest absolute Gasteiger partial charge is 0.395 e. The molecule has 0 heterocycles. The minimum absolute atomic E-state index is 0.0470. The summed E-state index contributed by atoms with van der Waals surface area (Å²) in [5.41, 5.74) is 2.31. The van der Waals surface area contributed by atoms with E-state index in [2.05, 4.69) is 42.5 Å². The number of hydrogen-bond donors (Lipinski definition) is 1. The van der Waals surface area contributed by atoms with E-state index in [4.69, 9.17) is 0 Å². The van der Waals surface area contributed by atoms with Gasteiger partial charge < -0.3 is 5.11 Å². The molecule has 1 N–H and O–H groups in total. The van der Waals surface area contributed by atoms with Crippen LogP contribution in [0.1, 0.15) is 17.0 Å². The Bertz CT molecular complexity index is 673. The maximum atomic E-state index is 9.70. The maximum Gasteiger partial charge on any atom is 0.0540 e. The van der Waals surface area contributed by atoms with Gasteiger partial charge in [0.25, 0.3) is 0 Å². The van der Waals surface area contributed by atoms with Crippen molar-refractivity contribution < 1.29 is 5.11 Å². The van der Waals surface area contributed by atoms with E-state index in [-0.39, 0.29) is 12.5 Å². The van der Waals surface area contributed by atoms with Crippen molar-refractivity contribution in [3.63, 3.8) is 0 Å². The second kappa shape index (κ2) is 5.25. The molecule has 3 aromatic carbocycles. The summed E-state index contributed by atoms with van der Waals surface area (Å²) < 4.78 is 0. The third-order valence-corrected chi connectivity index (χ3v) is 3.56. The maximum absolute atomic E-state index is 9.70. The van der Waals surface area contributed by atoms with Gasteiger partial charge in [0.15, 0.2) is 0 Å². The van der Waals surface area contributed by atoms with Gasteiger partial charge in [0, 0.05) is 5.92 Å². The standard InChI is InChI=1S/C18H16O/c19-13-18(15-7-2-1-3-8-15)17-11-10-14-6-4-5-9-16(14)12-17/h1-12,18-19H,13H2. The van der Waals surface area contributed by atoms with Crippen molar-refractivity contribution in [2.45, 2.75) is 5.92 Å². The smallest absolute Gasteiger partial charge is 0.0540 e. The molecule has 0 aliphatic heterocycles. The lowest BCUT2D eigenvalue weighted by molar-refractivity contribution is 0.280. The van der Waals surface area contributed by atoms with Crippen molar-refractivity contribution in [2.24, 2.45) is 0 Å². The van der Waals surface area contributed by atoms with E-state index < -0.39 is 0 Å². The third kappa shape index (κ3) is 2.38. The first-order valence-corrected chi connectivity index (χ1v) is 6.53. The highest BCUT2D eigenvalue weighted by atomic mass is 16.3. The number of benzene rings is 3. The molecule has 0 bridgehead atoms. The monoisotopic (exact) mass is 248 g/mol. The van der Waals surface area contributed by atoms with Crippen LogP contribution in [0, 0.1) is 0 Å². The molecule has 3 aromatic rings.